The number of fused-ring (bicyclic) bond motifs is 1. The third kappa shape index (κ3) is 7.08. The van der Waals surface area contributed by atoms with Crippen LogP contribution in [-0.2, 0) is 16.0 Å². The van der Waals surface area contributed by atoms with Gasteiger partial charge in [-0.1, -0.05) is 32.9 Å². The summed E-state index contributed by atoms with van der Waals surface area (Å²) in [6.07, 6.45) is 6.93. The van der Waals surface area contributed by atoms with E-state index in [1.165, 1.54) is 18.3 Å². The Morgan fingerprint density at radius 3 is 2.59 bits per heavy atom. The molecular weight excluding hydrogens is 525 g/mol. The Labute approximate surface area is 240 Å². The van der Waals surface area contributed by atoms with Gasteiger partial charge in [0.15, 0.2) is 0 Å². The van der Waals surface area contributed by atoms with Gasteiger partial charge in [0.25, 0.3) is 5.91 Å². The number of rotatable bonds is 10. The summed E-state index contributed by atoms with van der Waals surface area (Å²) in [5, 5.41) is 5.87. The lowest BCUT2D eigenvalue weighted by Crippen LogP contribution is -2.59. The summed E-state index contributed by atoms with van der Waals surface area (Å²) in [5.74, 6) is -0.512. The van der Waals surface area contributed by atoms with Crippen LogP contribution in [0.3, 0.4) is 0 Å². The Hall–Kier alpha value is -3.86. The Kier molecular flexibility index (Phi) is 9.37. The first-order valence-electron chi connectivity index (χ1n) is 14.1. The fourth-order valence-corrected chi connectivity index (χ4v) is 5.12. The minimum absolute atomic E-state index is 0.151. The van der Waals surface area contributed by atoms with E-state index in [1.807, 2.05) is 25.7 Å². The van der Waals surface area contributed by atoms with Crippen LogP contribution in [0.4, 0.5) is 4.39 Å². The van der Waals surface area contributed by atoms with Gasteiger partial charge in [0.05, 0.1) is 12.2 Å². The normalized spacial score (nSPS) is 16.9. The molecule has 11 heteroatoms. The third-order valence-electron chi connectivity index (χ3n) is 7.70. The number of carbonyl (C=O) groups excluding carboxylic acids is 3. The number of amides is 3. The quantitative estimate of drug-likeness (QED) is 0.391. The molecule has 0 radical (unpaired) electrons. The van der Waals surface area contributed by atoms with E-state index < -0.39 is 17.5 Å². The highest BCUT2D eigenvalue weighted by molar-refractivity contribution is 5.93. The Balaban J connectivity index is 1.58. The van der Waals surface area contributed by atoms with E-state index >= 15 is 0 Å². The summed E-state index contributed by atoms with van der Waals surface area (Å²) in [7, 11) is 1.70. The zero-order chi connectivity index (χ0) is 29.7. The second kappa shape index (κ2) is 12.8. The maximum Gasteiger partial charge on any atom is 0.272 e. The molecule has 3 heterocycles. The Morgan fingerprint density at radius 1 is 1.17 bits per heavy atom. The van der Waals surface area contributed by atoms with Gasteiger partial charge in [-0.3, -0.25) is 18.8 Å². The molecule has 41 heavy (non-hydrogen) atoms. The van der Waals surface area contributed by atoms with Crippen LogP contribution in [0, 0.1) is 11.2 Å². The monoisotopic (exact) mass is 565 g/mol. The summed E-state index contributed by atoms with van der Waals surface area (Å²) < 4.78 is 15.1. The molecule has 3 aromatic rings. The number of benzene rings is 1. The molecular formula is C30H40FN7O3. The lowest BCUT2D eigenvalue weighted by molar-refractivity contribution is -0.140. The molecule has 0 spiro atoms. The maximum atomic E-state index is 13.9. The highest BCUT2D eigenvalue weighted by Gasteiger charge is 2.41. The van der Waals surface area contributed by atoms with Crippen LogP contribution in [0.2, 0.25) is 0 Å². The van der Waals surface area contributed by atoms with E-state index in [2.05, 4.69) is 20.6 Å². The van der Waals surface area contributed by atoms with E-state index in [0.717, 1.165) is 18.4 Å². The minimum Gasteiger partial charge on any atom is -0.342 e. The van der Waals surface area contributed by atoms with Gasteiger partial charge in [-0.05, 0) is 62.4 Å². The fraction of sp³-hybridized carbons (Fsp3) is 0.500. The lowest BCUT2D eigenvalue weighted by Gasteiger charge is -2.37. The number of imidazole rings is 1. The van der Waals surface area contributed by atoms with Gasteiger partial charge < -0.3 is 20.4 Å². The zero-order valence-corrected chi connectivity index (χ0v) is 24.4. The van der Waals surface area contributed by atoms with Crippen LogP contribution < -0.4 is 10.6 Å². The molecule has 1 aliphatic rings. The van der Waals surface area contributed by atoms with Gasteiger partial charge >= 0.3 is 0 Å². The molecule has 0 aliphatic carbocycles. The number of nitrogens with one attached hydrogen (secondary N) is 2. The number of hydrogen-bond acceptors (Lipinski definition) is 6. The number of hydrogen-bond donors (Lipinski definition) is 2. The molecule has 1 aliphatic heterocycles. The van der Waals surface area contributed by atoms with Crippen molar-refractivity contribution in [3.63, 3.8) is 0 Å². The molecule has 4 rings (SSSR count). The average Bonchev–Trinajstić information content (AvgIpc) is 3.60. The van der Waals surface area contributed by atoms with E-state index in [-0.39, 0.29) is 29.6 Å². The molecule has 0 saturated carbocycles. The maximum absolute atomic E-state index is 13.9. The number of carbonyl (C=O) groups is 3. The van der Waals surface area contributed by atoms with Gasteiger partial charge in [-0.2, -0.15) is 0 Å². The fourth-order valence-electron chi connectivity index (χ4n) is 5.12. The van der Waals surface area contributed by atoms with Gasteiger partial charge in [0.1, 0.15) is 17.6 Å². The van der Waals surface area contributed by atoms with Gasteiger partial charge in [0.2, 0.25) is 17.6 Å². The first-order valence-corrected chi connectivity index (χ1v) is 14.1. The predicted molar refractivity (Wildman–Crippen MR) is 154 cm³/mol. The van der Waals surface area contributed by atoms with E-state index in [9.17, 15) is 18.8 Å². The SMILES string of the molecule is CNC(C)C(=O)NC(C(=O)N1CCCC1CN(CCc1ccc(F)cc1)C(=O)c1cnc2ncccn12)C(C)(C)C. The van der Waals surface area contributed by atoms with Crippen molar-refractivity contribution in [1.82, 2.24) is 34.8 Å². The molecule has 0 bridgehead atoms. The second-order valence-electron chi connectivity index (χ2n) is 11.7. The number of likely N-dealkylation sites (N-methyl/N-ethyl adjacent to an activating group) is 1. The Morgan fingerprint density at radius 2 is 1.90 bits per heavy atom. The van der Waals surface area contributed by atoms with E-state index in [0.29, 0.717) is 37.5 Å². The van der Waals surface area contributed by atoms with Crippen molar-refractivity contribution in [2.45, 2.75) is 65.1 Å². The molecule has 1 aromatic carbocycles. The van der Waals surface area contributed by atoms with Crippen LogP contribution in [0.25, 0.3) is 5.78 Å². The summed E-state index contributed by atoms with van der Waals surface area (Å²) >= 11 is 0. The van der Waals surface area contributed by atoms with Gasteiger partial charge in [-0.15, -0.1) is 0 Å². The number of likely N-dealkylation sites (tertiary alicyclic amines) is 1. The van der Waals surface area contributed by atoms with Crippen molar-refractivity contribution in [1.29, 1.82) is 0 Å². The molecule has 1 fully saturated rings. The van der Waals surface area contributed by atoms with Crippen LogP contribution in [0.5, 0.6) is 0 Å². The molecule has 1 saturated heterocycles. The lowest BCUT2D eigenvalue weighted by atomic mass is 9.85. The topological polar surface area (TPSA) is 112 Å². The van der Waals surface area contributed by atoms with Gasteiger partial charge in [-0.25, -0.2) is 14.4 Å². The van der Waals surface area contributed by atoms with Crippen molar-refractivity contribution in [2.75, 3.05) is 26.7 Å². The first-order chi connectivity index (χ1) is 19.5. The molecule has 10 nitrogen and oxygen atoms in total. The predicted octanol–water partition coefficient (Wildman–Crippen LogP) is 2.68. The summed E-state index contributed by atoms with van der Waals surface area (Å²) in [6.45, 7) is 8.78. The minimum atomic E-state index is -0.723. The van der Waals surface area contributed by atoms with Crippen molar-refractivity contribution >= 4 is 23.5 Å². The second-order valence-corrected chi connectivity index (χ2v) is 11.7. The molecule has 3 amide bonds. The molecule has 3 atom stereocenters. The molecule has 2 N–H and O–H groups in total. The van der Waals surface area contributed by atoms with Crippen molar-refractivity contribution in [2.24, 2.45) is 5.41 Å². The van der Waals surface area contributed by atoms with Crippen LogP contribution in [0.15, 0.2) is 48.9 Å². The van der Waals surface area contributed by atoms with Crippen molar-refractivity contribution in [3.05, 3.63) is 66.0 Å². The smallest absolute Gasteiger partial charge is 0.272 e. The van der Waals surface area contributed by atoms with Gasteiger partial charge in [0, 0.05) is 38.1 Å². The van der Waals surface area contributed by atoms with Crippen molar-refractivity contribution < 1.29 is 18.8 Å². The van der Waals surface area contributed by atoms with Crippen LogP contribution in [0.1, 0.15) is 56.6 Å². The first kappa shape index (κ1) is 30.1. The average molecular weight is 566 g/mol. The summed E-state index contributed by atoms with van der Waals surface area (Å²) in [5.41, 5.74) is 0.760. The largest absolute Gasteiger partial charge is 0.342 e. The summed E-state index contributed by atoms with van der Waals surface area (Å²) in [6, 6.07) is 6.59. The molecule has 220 valence electrons. The summed E-state index contributed by atoms with van der Waals surface area (Å²) in [4.78, 5) is 52.7. The van der Waals surface area contributed by atoms with E-state index in [1.54, 1.807) is 53.9 Å². The van der Waals surface area contributed by atoms with Crippen LogP contribution in [-0.4, -0.2) is 86.7 Å². The van der Waals surface area contributed by atoms with Crippen molar-refractivity contribution in [3.8, 4) is 0 Å². The standard InChI is InChI=1S/C30H40FN7O3/c1-20(32-5)26(39)35-25(30(2,3)4)28(41)37-15-6-8-23(37)19-36(17-13-21-9-11-22(31)12-10-21)27(40)24-18-34-29-33-14-7-16-38(24)29/h7,9-12,14,16,18,20,23,25,32H,6,8,13,15,17,19H2,1-5H3,(H,35,39). The highest BCUT2D eigenvalue weighted by atomic mass is 19.1. The molecule has 3 unspecified atom stereocenters. The number of nitrogens with zero attached hydrogens (tertiary/aromatic N) is 5. The molecule has 2 aromatic heterocycles. The third-order valence-corrected chi connectivity index (χ3v) is 7.70. The van der Waals surface area contributed by atoms with E-state index in [4.69, 9.17) is 0 Å². The van der Waals surface area contributed by atoms with Crippen LogP contribution >= 0.6 is 0 Å². The highest BCUT2D eigenvalue weighted by Crippen LogP contribution is 2.27. The number of halogens is 1. The number of aromatic nitrogens is 3. The Bertz CT molecular complexity index is 1370. The zero-order valence-electron chi connectivity index (χ0n) is 24.4.